The van der Waals surface area contributed by atoms with Crippen LogP contribution in [-0.4, -0.2) is 60.8 Å². The van der Waals surface area contributed by atoms with Crippen LogP contribution < -0.4 is 4.90 Å². The molecule has 2 atom stereocenters. The molecule has 0 aliphatic carbocycles. The van der Waals surface area contributed by atoms with Crippen molar-refractivity contribution in [3.63, 3.8) is 0 Å². The minimum atomic E-state index is -3.28. The zero-order valence-electron chi connectivity index (χ0n) is 12.4. The zero-order chi connectivity index (χ0) is 16.0. The summed E-state index contributed by atoms with van der Waals surface area (Å²) in [6, 6.07) is 2.89. The maximum Gasteiger partial charge on any atom is 0.211 e. The van der Waals surface area contributed by atoms with E-state index in [1.807, 2.05) is 0 Å². The van der Waals surface area contributed by atoms with Gasteiger partial charge in [-0.1, -0.05) is 0 Å². The summed E-state index contributed by atoms with van der Waals surface area (Å²) in [6.45, 7) is 1.51. The van der Waals surface area contributed by atoms with Gasteiger partial charge in [-0.3, -0.25) is 0 Å². The number of nitrogens with zero attached hydrogens (tertiary/aromatic N) is 3. The van der Waals surface area contributed by atoms with Crippen LogP contribution in [0.2, 0.25) is 0 Å². The second-order valence-electron chi connectivity index (χ2n) is 6.18. The third kappa shape index (κ3) is 2.82. The van der Waals surface area contributed by atoms with E-state index in [1.165, 1.54) is 28.9 Å². The van der Waals surface area contributed by atoms with Gasteiger partial charge in [0.15, 0.2) is 11.6 Å². The lowest BCUT2D eigenvalue weighted by Crippen LogP contribution is -2.60. The minimum absolute atomic E-state index is 0.244. The van der Waals surface area contributed by atoms with Crippen LogP contribution in [0.5, 0.6) is 0 Å². The molecule has 3 rings (SSSR count). The number of piperidine rings is 2. The molecule has 6 nitrogen and oxygen atoms in total. The van der Waals surface area contributed by atoms with Crippen LogP contribution in [0.25, 0.3) is 0 Å². The summed E-state index contributed by atoms with van der Waals surface area (Å²) in [5, 5.41) is 10.7. The van der Waals surface area contributed by atoms with E-state index in [2.05, 4.69) is 4.98 Å². The van der Waals surface area contributed by atoms with Crippen molar-refractivity contribution in [1.29, 1.82) is 0 Å². The fraction of sp³-hybridized carbons (Fsp3) is 0.643. The number of halogens is 1. The highest BCUT2D eigenvalue weighted by molar-refractivity contribution is 7.88. The van der Waals surface area contributed by atoms with Crippen molar-refractivity contribution in [3.05, 3.63) is 24.1 Å². The number of anilines is 1. The van der Waals surface area contributed by atoms with Gasteiger partial charge < -0.3 is 10.0 Å². The van der Waals surface area contributed by atoms with Gasteiger partial charge in [0.05, 0.1) is 11.9 Å². The van der Waals surface area contributed by atoms with Gasteiger partial charge >= 0.3 is 0 Å². The molecule has 0 amide bonds. The first kappa shape index (κ1) is 15.6. The predicted molar refractivity (Wildman–Crippen MR) is 80.5 cm³/mol. The first-order valence-electron chi connectivity index (χ1n) is 7.32. The van der Waals surface area contributed by atoms with Gasteiger partial charge in [-0.2, -0.15) is 0 Å². The Morgan fingerprint density at radius 2 is 2.09 bits per heavy atom. The van der Waals surface area contributed by atoms with Gasteiger partial charge in [0.25, 0.3) is 0 Å². The third-order valence-electron chi connectivity index (χ3n) is 4.74. The average Bonchev–Trinajstić information content (AvgIpc) is 2.45. The van der Waals surface area contributed by atoms with Crippen LogP contribution in [0.4, 0.5) is 10.2 Å². The Morgan fingerprint density at radius 3 is 2.77 bits per heavy atom. The highest BCUT2D eigenvalue weighted by Crippen LogP contribution is 2.37. The summed E-state index contributed by atoms with van der Waals surface area (Å²) < 4.78 is 38.7. The number of fused-ring (bicyclic) bond motifs is 1. The Labute approximate surface area is 129 Å². The number of hydrogen-bond acceptors (Lipinski definition) is 5. The highest BCUT2D eigenvalue weighted by Gasteiger charge is 2.47. The normalized spacial score (nSPS) is 30.1. The van der Waals surface area contributed by atoms with Gasteiger partial charge in [0.2, 0.25) is 10.0 Å². The van der Waals surface area contributed by atoms with E-state index in [-0.39, 0.29) is 18.3 Å². The molecule has 8 heteroatoms. The smallest absolute Gasteiger partial charge is 0.211 e. The topological polar surface area (TPSA) is 73.7 Å². The molecule has 1 N–H and O–H groups in total. The Balaban J connectivity index is 1.81. The maximum atomic E-state index is 13.9. The summed E-state index contributed by atoms with van der Waals surface area (Å²) in [5.74, 6) is -0.379. The molecule has 0 radical (unpaired) electrons. The number of rotatable bonds is 2. The molecular weight excluding hydrogens is 309 g/mol. The lowest BCUT2D eigenvalue weighted by atomic mass is 9.76. The van der Waals surface area contributed by atoms with Gasteiger partial charge in [-0.05, 0) is 25.0 Å². The number of pyridine rings is 1. The van der Waals surface area contributed by atoms with Crippen LogP contribution in [0.15, 0.2) is 18.3 Å². The van der Waals surface area contributed by atoms with E-state index in [0.717, 1.165) is 0 Å². The SMILES string of the molecule is CS(=O)(=O)N1CC[C@]2(O)CCN(c3ncccc3F)C[C@@H]2C1. The molecule has 22 heavy (non-hydrogen) atoms. The predicted octanol–water partition coefficient (Wildman–Crippen LogP) is 0.443. The molecule has 1 aromatic rings. The summed E-state index contributed by atoms with van der Waals surface area (Å²) >= 11 is 0. The second kappa shape index (κ2) is 5.43. The molecule has 0 unspecified atom stereocenters. The molecule has 3 heterocycles. The van der Waals surface area contributed by atoms with Gasteiger partial charge in [-0.15, -0.1) is 0 Å². The zero-order valence-corrected chi connectivity index (χ0v) is 13.3. The summed E-state index contributed by atoms with van der Waals surface area (Å²) in [7, 11) is -3.28. The molecule has 0 saturated carbocycles. The number of aliphatic hydroxyl groups is 1. The van der Waals surface area contributed by atoms with E-state index in [9.17, 15) is 17.9 Å². The van der Waals surface area contributed by atoms with Crippen LogP contribution in [0.3, 0.4) is 0 Å². The first-order valence-corrected chi connectivity index (χ1v) is 9.17. The van der Waals surface area contributed by atoms with Gasteiger partial charge in [0, 0.05) is 38.3 Å². The van der Waals surface area contributed by atoms with Crippen molar-refractivity contribution in [2.45, 2.75) is 18.4 Å². The molecule has 0 aromatic carbocycles. The first-order chi connectivity index (χ1) is 10.3. The van der Waals surface area contributed by atoms with E-state index in [4.69, 9.17) is 0 Å². The maximum absolute atomic E-state index is 13.9. The largest absolute Gasteiger partial charge is 0.389 e. The molecule has 2 aliphatic heterocycles. The molecular formula is C14H20FN3O3S. The van der Waals surface area contributed by atoms with Crippen molar-refractivity contribution in [1.82, 2.24) is 9.29 Å². The van der Waals surface area contributed by atoms with Gasteiger partial charge in [0.1, 0.15) is 0 Å². The van der Waals surface area contributed by atoms with Crippen molar-refractivity contribution in [3.8, 4) is 0 Å². The Morgan fingerprint density at radius 1 is 1.36 bits per heavy atom. The molecule has 1 aromatic heterocycles. The van der Waals surface area contributed by atoms with E-state index >= 15 is 0 Å². The fourth-order valence-corrected chi connectivity index (χ4v) is 4.25. The molecule has 2 saturated heterocycles. The molecule has 0 spiro atoms. The lowest BCUT2D eigenvalue weighted by molar-refractivity contribution is -0.0689. The Bertz CT molecular complexity index is 669. The monoisotopic (exact) mass is 329 g/mol. The number of sulfonamides is 1. The second-order valence-corrected chi connectivity index (χ2v) is 8.16. The Kier molecular flexibility index (Phi) is 3.86. The molecule has 122 valence electrons. The van der Waals surface area contributed by atoms with Crippen molar-refractivity contribution < 1.29 is 17.9 Å². The summed E-state index contributed by atoms with van der Waals surface area (Å²) in [6.07, 6.45) is 3.62. The van der Waals surface area contributed by atoms with Crippen LogP contribution in [0, 0.1) is 11.7 Å². The Hall–Kier alpha value is -1.25. The van der Waals surface area contributed by atoms with Crippen LogP contribution in [0.1, 0.15) is 12.8 Å². The summed E-state index contributed by atoms with van der Waals surface area (Å²) in [5.41, 5.74) is -0.872. The third-order valence-corrected chi connectivity index (χ3v) is 6.01. The van der Waals surface area contributed by atoms with Crippen molar-refractivity contribution in [2.24, 2.45) is 5.92 Å². The van der Waals surface area contributed by atoms with Gasteiger partial charge in [-0.25, -0.2) is 22.1 Å². The van der Waals surface area contributed by atoms with Crippen molar-refractivity contribution in [2.75, 3.05) is 37.3 Å². The minimum Gasteiger partial charge on any atom is -0.389 e. The van der Waals surface area contributed by atoms with E-state index in [1.54, 1.807) is 4.90 Å². The van der Waals surface area contributed by atoms with E-state index in [0.29, 0.717) is 32.5 Å². The lowest BCUT2D eigenvalue weighted by Gasteiger charge is -2.49. The number of aromatic nitrogens is 1. The van der Waals surface area contributed by atoms with Crippen LogP contribution >= 0.6 is 0 Å². The average molecular weight is 329 g/mol. The quantitative estimate of drug-likeness (QED) is 0.852. The summed E-state index contributed by atoms with van der Waals surface area (Å²) in [4.78, 5) is 5.86. The molecule has 2 aliphatic rings. The highest BCUT2D eigenvalue weighted by atomic mass is 32.2. The fourth-order valence-electron chi connectivity index (χ4n) is 3.38. The molecule has 0 bridgehead atoms. The standard InChI is InChI=1S/C14H20FN3O3S/c1-22(20,21)18-8-5-14(19)4-7-17(9-11(14)10-18)13-12(15)3-2-6-16-13/h2-3,6,11,19H,4-5,7-10H2,1H3/t11-,14-/m1/s1. The molecule has 2 fully saturated rings. The van der Waals surface area contributed by atoms with Crippen molar-refractivity contribution >= 4 is 15.8 Å². The number of hydrogen-bond donors (Lipinski definition) is 1. The van der Waals surface area contributed by atoms with Crippen LogP contribution in [-0.2, 0) is 10.0 Å². The van der Waals surface area contributed by atoms with E-state index < -0.39 is 21.4 Å².